The topological polar surface area (TPSA) is 76.9 Å². The molecule has 2 aromatic carbocycles. The molecule has 0 aliphatic heterocycles. The number of hydrogen-bond donors (Lipinski definition) is 1. The Morgan fingerprint density at radius 2 is 1.88 bits per heavy atom. The van der Waals surface area contributed by atoms with Crippen molar-refractivity contribution in [3.05, 3.63) is 70.0 Å². The van der Waals surface area contributed by atoms with Crippen LogP contribution >= 0.6 is 0 Å². The maximum Gasteiger partial charge on any atom is 0.278 e. The number of nitrogens with zero attached hydrogens (tertiary/aromatic N) is 3. The average molecular weight is 322 g/mol. The number of aryl methyl sites for hydroxylation is 1. The van der Waals surface area contributed by atoms with E-state index in [0.717, 1.165) is 11.1 Å². The van der Waals surface area contributed by atoms with Crippen molar-refractivity contribution in [1.82, 2.24) is 20.3 Å². The Morgan fingerprint density at radius 1 is 1.12 bits per heavy atom. The molecule has 6 heteroatoms. The Morgan fingerprint density at radius 3 is 2.71 bits per heavy atom. The molecule has 0 saturated carbocycles. The molecule has 0 aliphatic carbocycles. The van der Waals surface area contributed by atoms with Crippen molar-refractivity contribution in [3.63, 3.8) is 0 Å². The smallest absolute Gasteiger partial charge is 0.278 e. The molecule has 1 amide bonds. The van der Waals surface area contributed by atoms with E-state index in [1.54, 1.807) is 24.3 Å². The molecular formula is C18H18N4O2. The molecular weight excluding hydrogens is 304 g/mol. The van der Waals surface area contributed by atoms with Crippen LogP contribution in [0.15, 0.2) is 53.3 Å². The first-order chi connectivity index (χ1) is 11.6. The second kappa shape index (κ2) is 7.04. The van der Waals surface area contributed by atoms with Crippen LogP contribution in [0.4, 0.5) is 0 Å². The molecule has 0 bridgehead atoms. The van der Waals surface area contributed by atoms with Crippen molar-refractivity contribution in [3.8, 4) is 0 Å². The van der Waals surface area contributed by atoms with Gasteiger partial charge in [-0.2, -0.15) is 0 Å². The predicted octanol–water partition coefficient (Wildman–Crippen LogP) is 1.46. The van der Waals surface area contributed by atoms with Crippen molar-refractivity contribution >= 4 is 16.8 Å². The number of fused-ring (bicyclic) bond motifs is 1. The van der Waals surface area contributed by atoms with Gasteiger partial charge in [0.1, 0.15) is 12.1 Å². The number of rotatable bonds is 5. The second-order valence-electron chi connectivity index (χ2n) is 5.60. The molecule has 1 aromatic heterocycles. The number of benzene rings is 2. The summed E-state index contributed by atoms with van der Waals surface area (Å²) in [5.41, 5.74) is 2.61. The normalized spacial score (nSPS) is 10.7. The van der Waals surface area contributed by atoms with Gasteiger partial charge >= 0.3 is 0 Å². The van der Waals surface area contributed by atoms with E-state index in [2.05, 4.69) is 15.6 Å². The van der Waals surface area contributed by atoms with Gasteiger partial charge in [0.15, 0.2) is 0 Å². The third kappa shape index (κ3) is 3.48. The fourth-order valence-electron chi connectivity index (χ4n) is 2.55. The van der Waals surface area contributed by atoms with Gasteiger partial charge in [-0.1, -0.05) is 41.6 Å². The zero-order valence-electron chi connectivity index (χ0n) is 13.4. The van der Waals surface area contributed by atoms with Crippen LogP contribution in [0.1, 0.15) is 11.1 Å². The Kier molecular flexibility index (Phi) is 4.65. The first kappa shape index (κ1) is 15.9. The molecule has 24 heavy (non-hydrogen) atoms. The molecule has 6 nitrogen and oxygen atoms in total. The van der Waals surface area contributed by atoms with E-state index in [4.69, 9.17) is 0 Å². The first-order valence-corrected chi connectivity index (χ1v) is 7.79. The lowest BCUT2D eigenvalue weighted by atomic mass is 10.1. The van der Waals surface area contributed by atoms with E-state index in [9.17, 15) is 9.59 Å². The summed E-state index contributed by atoms with van der Waals surface area (Å²) in [6.45, 7) is 2.42. The highest BCUT2D eigenvalue weighted by molar-refractivity contribution is 5.78. The molecule has 1 heterocycles. The summed E-state index contributed by atoms with van der Waals surface area (Å²) in [6.07, 6.45) is 0.747. The molecule has 0 radical (unpaired) electrons. The molecule has 0 aliphatic rings. The lowest BCUT2D eigenvalue weighted by Gasteiger charge is -2.08. The summed E-state index contributed by atoms with van der Waals surface area (Å²) in [7, 11) is 0. The summed E-state index contributed by atoms with van der Waals surface area (Å²) >= 11 is 0. The fourth-order valence-corrected chi connectivity index (χ4v) is 2.55. The number of carbonyl (C=O) groups excluding carboxylic acids is 1. The minimum Gasteiger partial charge on any atom is -0.354 e. The van der Waals surface area contributed by atoms with E-state index in [1.807, 2.05) is 31.2 Å². The van der Waals surface area contributed by atoms with Gasteiger partial charge in [0.05, 0.1) is 5.39 Å². The van der Waals surface area contributed by atoms with Gasteiger partial charge in [-0.3, -0.25) is 9.59 Å². The van der Waals surface area contributed by atoms with Gasteiger partial charge in [0.2, 0.25) is 5.91 Å². The Balaban J connectivity index is 1.62. The minimum atomic E-state index is -0.311. The predicted molar refractivity (Wildman–Crippen MR) is 91.7 cm³/mol. The molecule has 3 rings (SSSR count). The highest BCUT2D eigenvalue weighted by atomic mass is 16.2. The van der Waals surface area contributed by atoms with Crippen molar-refractivity contribution in [2.75, 3.05) is 6.54 Å². The molecule has 0 unspecified atom stereocenters. The molecule has 122 valence electrons. The maximum atomic E-state index is 12.3. The molecule has 1 N–H and O–H groups in total. The van der Waals surface area contributed by atoms with Gasteiger partial charge in [0, 0.05) is 6.54 Å². The number of nitrogens with one attached hydrogen (secondary N) is 1. The number of carbonyl (C=O) groups is 1. The van der Waals surface area contributed by atoms with Crippen LogP contribution in [0, 0.1) is 6.92 Å². The monoisotopic (exact) mass is 322 g/mol. The Bertz CT molecular complexity index is 933. The first-order valence-electron chi connectivity index (χ1n) is 7.79. The zero-order valence-corrected chi connectivity index (χ0v) is 13.4. The summed E-state index contributed by atoms with van der Waals surface area (Å²) in [6, 6.07) is 15.0. The molecule has 0 fully saturated rings. The Labute approximate surface area is 139 Å². The minimum absolute atomic E-state index is 0.134. The largest absolute Gasteiger partial charge is 0.354 e. The van der Waals surface area contributed by atoms with Crippen LogP contribution in [-0.4, -0.2) is 27.4 Å². The fraction of sp³-hybridized carbons (Fsp3) is 0.222. The lowest BCUT2D eigenvalue weighted by Crippen LogP contribution is -2.35. The van der Waals surface area contributed by atoms with Crippen LogP contribution in [0.25, 0.3) is 10.9 Å². The Hall–Kier alpha value is -3.02. The maximum absolute atomic E-state index is 12.3. The summed E-state index contributed by atoms with van der Waals surface area (Å²) in [5, 5.41) is 11.1. The van der Waals surface area contributed by atoms with E-state index in [-0.39, 0.29) is 18.0 Å². The highest BCUT2D eigenvalue weighted by Gasteiger charge is 2.09. The van der Waals surface area contributed by atoms with Crippen LogP contribution in [-0.2, 0) is 17.8 Å². The van der Waals surface area contributed by atoms with Crippen LogP contribution < -0.4 is 10.9 Å². The van der Waals surface area contributed by atoms with Gasteiger partial charge in [-0.25, -0.2) is 4.68 Å². The summed E-state index contributed by atoms with van der Waals surface area (Å²) in [5.74, 6) is -0.254. The van der Waals surface area contributed by atoms with Crippen LogP contribution in [0.3, 0.4) is 0 Å². The number of aromatic nitrogens is 3. The van der Waals surface area contributed by atoms with E-state index < -0.39 is 0 Å². The van der Waals surface area contributed by atoms with Gasteiger partial charge in [-0.05, 0) is 36.6 Å². The second-order valence-corrected chi connectivity index (χ2v) is 5.60. The lowest BCUT2D eigenvalue weighted by molar-refractivity contribution is -0.121. The standard InChI is InChI=1S/C18H18N4O2/c1-13-6-2-3-7-14(13)10-11-19-17(23)12-22-18(24)15-8-4-5-9-16(15)20-21-22/h2-9H,10-12H2,1H3,(H,19,23). The SMILES string of the molecule is Cc1ccccc1CCNC(=O)Cn1nnc2ccccc2c1=O. The highest BCUT2D eigenvalue weighted by Crippen LogP contribution is 2.07. The molecule has 3 aromatic rings. The quantitative estimate of drug-likeness (QED) is 0.771. The zero-order chi connectivity index (χ0) is 16.9. The average Bonchev–Trinajstić information content (AvgIpc) is 2.59. The van der Waals surface area contributed by atoms with Crippen molar-refractivity contribution in [1.29, 1.82) is 0 Å². The third-order valence-electron chi connectivity index (χ3n) is 3.90. The molecule has 0 spiro atoms. The molecule has 0 atom stereocenters. The van der Waals surface area contributed by atoms with Crippen molar-refractivity contribution in [2.24, 2.45) is 0 Å². The van der Waals surface area contributed by atoms with E-state index in [1.165, 1.54) is 11.1 Å². The van der Waals surface area contributed by atoms with Gasteiger partial charge in [-0.15, -0.1) is 5.10 Å². The number of hydrogen-bond acceptors (Lipinski definition) is 4. The molecule has 0 saturated heterocycles. The van der Waals surface area contributed by atoms with Crippen LogP contribution in [0.5, 0.6) is 0 Å². The van der Waals surface area contributed by atoms with E-state index >= 15 is 0 Å². The third-order valence-corrected chi connectivity index (χ3v) is 3.90. The summed E-state index contributed by atoms with van der Waals surface area (Å²) < 4.78 is 1.09. The van der Waals surface area contributed by atoms with Crippen LogP contribution in [0.2, 0.25) is 0 Å². The van der Waals surface area contributed by atoms with Crippen molar-refractivity contribution in [2.45, 2.75) is 19.9 Å². The van der Waals surface area contributed by atoms with Gasteiger partial charge < -0.3 is 5.32 Å². The van der Waals surface area contributed by atoms with E-state index in [0.29, 0.717) is 17.4 Å². The van der Waals surface area contributed by atoms with Crippen molar-refractivity contribution < 1.29 is 4.79 Å². The van der Waals surface area contributed by atoms with Gasteiger partial charge in [0.25, 0.3) is 5.56 Å². The summed E-state index contributed by atoms with van der Waals surface area (Å²) in [4.78, 5) is 24.3. The number of amides is 1.